The molecule has 4 heteroatoms. The molecular weight excluding hydrogens is 236 g/mol. The SMILES string of the molecule is CC1CCC(Cc2nc(C#N)cn3ccnc23)CC1. The first kappa shape index (κ1) is 12.2. The first-order valence-electron chi connectivity index (χ1n) is 6.99. The van der Waals surface area contributed by atoms with Gasteiger partial charge >= 0.3 is 0 Å². The van der Waals surface area contributed by atoms with Crippen LogP contribution in [0.1, 0.15) is 44.0 Å². The molecule has 0 spiro atoms. The van der Waals surface area contributed by atoms with Gasteiger partial charge in [0.05, 0.1) is 5.69 Å². The fourth-order valence-electron chi connectivity index (χ4n) is 2.99. The van der Waals surface area contributed by atoms with E-state index >= 15 is 0 Å². The lowest BCUT2D eigenvalue weighted by Gasteiger charge is -2.25. The van der Waals surface area contributed by atoms with Crippen molar-refractivity contribution in [1.82, 2.24) is 14.4 Å². The van der Waals surface area contributed by atoms with Crippen LogP contribution in [0.4, 0.5) is 0 Å². The van der Waals surface area contributed by atoms with Crippen molar-refractivity contribution in [3.05, 3.63) is 30.0 Å². The Morgan fingerprint density at radius 3 is 2.89 bits per heavy atom. The molecule has 1 saturated carbocycles. The molecule has 0 unspecified atom stereocenters. The quantitative estimate of drug-likeness (QED) is 0.828. The van der Waals surface area contributed by atoms with Crippen LogP contribution in [-0.2, 0) is 6.42 Å². The molecule has 0 radical (unpaired) electrons. The predicted molar refractivity (Wildman–Crippen MR) is 72.5 cm³/mol. The van der Waals surface area contributed by atoms with E-state index in [-0.39, 0.29) is 0 Å². The van der Waals surface area contributed by atoms with Crippen LogP contribution in [0.2, 0.25) is 0 Å². The van der Waals surface area contributed by atoms with Crippen LogP contribution >= 0.6 is 0 Å². The Labute approximate surface area is 113 Å². The van der Waals surface area contributed by atoms with Crippen LogP contribution < -0.4 is 0 Å². The molecule has 3 rings (SSSR count). The molecule has 1 aliphatic carbocycles. The summed E-state index contributed by atoms with van der Waals surface area (Å²) in [4.78, 5) is 8.83. The van der Waals surface area contributed by atoms with Crippen LogP contribution in [0.3, 0.4) is 0 Å². The third-order valence-corrected chi connectivity index (χ3v) is 4.18. The van der Waals surface area contributed by atoms with E-state index in [0.29, 0.717) is 11.6 Å². The second-order valence-corrected chi connectivity index (χ2v) is 5.67. The highest BCUT2D eigenvalue weighted by molar-refractivity contribution is 5.45. The van der Waals surface area contributed by atoms with E-state index in [1.165, 1.54) is 25.7 Å². The summed E-state index contributed by atoms with van der Waals surface area (Å²) in [6.45, 7) is 2.33. The van der Waals surface area contributed by atoms with E-state index in [9.17, 15) is 0 Å². The highest BCUT2D eigenvalue weighted by Crippen LogP contribution is 2.30. The van der Waals surface area contributed by atoms with Crippen LogP contribution in [0.5, 0.6) is 0 Å². The van der Waals surface area contributed by atoms with Gasteiger partial charge in [-0.3, -0.25) is 0 Å². The first-order chi connectivity index (χ1) is 9.26. The van der Waals surface area contributed by atoms with E-state index in [1.54, 1.807) is 12.4 Å². The number of rotatable bonds is 2. The molecule has 0 saturated heterocycles. The number of nitriles is 1. The van der Waals surface area contributed by atoms with E-state index in [1.807, 2.05) is 10.6 Å². The molecule has 0 amide bonds. The zero-order chi connectivity index (χ0) is 13.2. The Balaban J connectivity index is 1.87. The van der Waals surface area contributed by atoms with Gasteiger partial charge in [-0.1, -0.05) is 19.8 Å². The topological polar surface area (TPSA) is 54.0 Å². The third-order valence-electron chi connectivity index (χ3n) is 4.18. The lowest BCUT2D eigenvalue weighted by molar-refractivity contribution is 0.287. The smallest absolute Gasteiger partial charge is 0.158 e. The molecule has 19 heavy (non-hydrogen) atoms. The minimum absolute atomic E-state index is 0.477. The van der Waals surface area contributed by atoms with Gasteiger partial charge < -0.3 is 4.40 Å². The maximum atomic E-state index is 9.05. The summed E-state index contributed by atoms with van der Waals surface area (Å²) >= 11 is 0. The van der Waals surface area contributed by atoms with Crippen molar-refractivity contribution in [3.8, 4) is 6.07 Å². The van der Waals surface area contributed by atoms with Crippen molar-refractivity contribution in [2.24, 2.45) is 11.8 Å². The Morgan fingerprint density at radius 2 is 2.16 bits per heavy atom. The lowest BCUT2D eigenvalue weighted by Crippen LogP contribution is -2.16. The number of hydrogen-bond donors (Lipinski definition) is 0. The normalized spacial score (nSPS) is 23.4. The summed E-state index contributed by atoms with van der Waals surface area (Å²) < 4.78 is 1.91. The minimum Gasteiger partial charge on any atom is -0.303 e. The molecule has 0 atom stereocenters. The monoisotopic (exact) mass is 254 g/mol. The zero-order valence-electron chi connectivity index (χ0n) is 11.2. The minimum atomic E-state index is 0.477. The second kappa shape index (κ2) is 5.00. The summed E-state index contributed by atoms with van der Waals surface area (Å²) in [5.74, 6) is 1.55. The average Bonchev–Trinajstić information content (AvgIpc) is 2.89. The highest BCUT2D eigenvalue weighted by atomic mass is 15.0. The average molecular weight is 254 g/mol. The van der Waals surface area contributed by atoms with Crippen molar-refractivity contribution in [2.45, 2.75) is 39.0 Å². The van der Waals surface area contributed by atoms with Crippen molar-refractivity contribution >= 4 is 5.65 Å². The van der Waals surface area contributed by atoms with Crippen LogP contribution in [0.25, 0.3) is 5.65 Å². The summed E-state index contributed by atoms with van der Waals surface area (Å²) in [7, 11) is 0. The number of hydrogen-bond acceptors (Lipinski definition) is 3. The third kappa shape index (κ3) is 2.46. The Hall–Kier alpha value is -1.89. The largest absolute Gasteiger partial charge is 0.303 e. The second-order valence-electron chi connectivity index (χ2n) is 5.67. The fourth-order valence-corrected chi connectivity index (χ4v) is 2.99. The van der Waals surface area contributed by atoms with Gasteiger partial charge in [-0.15, -0.1) is 0 Å². The number of nitrogens with zero attached hydrogens (tertiary/aromatic N) is 4. The molecule has 0 bridgehead atoms. The summed E-state index contributed by atoms with van der Waals surface area (Å²) in [5.41, 5.74) is 2.35. The van der Waals surface area contributed by atoms with Gasteiger partial charge in [0.2, 0.25) is 0 Å². The molecule has 4 nitrogen and oxygen atoms in total. The molecule has 98 valence electrons. The lowest BCUT2D eigenvalue weighted by atomic mass is 9.81. The Morgan fingerprint density at radius 1 is 1.37 bits per heavy atom. The molecule has 1 fully saturated rings. The van der Waals surface area contributed by atoms with Crippen molar-refractivity contribution < 1.29 is 0 Å². The maximum absolute atomic E-state index is 9.05. The molecule has 1 aliphatic rings. The number of fused-ring (bicyclic) bond motifs is 1. The van der Waals surface area contributed by atoms with Crippen molar-refractivity contribution in [3.63, 3.8) is 0 Å². The predicted octanol–water partition coefficient (Wildman–Crippen LogP) is 2.97. The molecule has 2 heterocycles. The van der Waals surface area contributed by atoms with Crippen molar-refractivity contribution in [2.75, 3.05) is 0 Å². The van der Waals surface area contributed by atoms with Gasteiger partial charge in [0.1, 0.15) is 6.07 Å². The standard InChI is InChI=1S/C15H18N4/c1-11-2-4-12(5-3-11)8-14-15-17-6-7-19(15)10-13(9-16)18-14/h6-7,10-12H,2-5,8H2,1H3. The maximum Gasteiger partial charge on any atom is 0.158 e. The van der Waals surface area contributed by atoms with Gasteiger partial charge in [0.25, 0.3) is 0 Å². The van der Waals surface area contributed by atoms with Crippen molar-refractivity contribution in [1.29, 1.82) is 5.26 Å². The van der Waals surface area contributed by atoms with E-state index in [2.05, 4.69) is 23.0 Å². The first-order valence-corrected chi connectivity index (χ1v) is 6.99. The Kier molecular flexibility index (Phi) is 3.20. The summed E-state index contributed by atoms with van der Waals surface area (Å²) in [5, 5.41) is 9.05. The fraction of sp³-hybridized carbons (Fsp3) is 0.533. The van der Waals surface area contributed by atoms with E-state index < -0.39 is 0 Å². The highest BCUT2D eigenvalue weighted by Gasteiger charge is 2.20. The number of aromatic nitrogens is 3. The Bertz CT molecular complexity index is 615. The van der Waals surface area contributed by atoms with Gasteiger partial charge in [0, 0.05) is 18.6 Å². The van der Waals surface area contributed by atoms with E-state index in [0.717, 1.165) is 23.7 Å². The van der Waals surface area contributed by atoms with Gasteiger partial charge in [-0.05, 0) is 31.1 Å². The van der Waals surface area contributed by atoms with Crippen LogP contribution in [-0.4, -0.2) is 14.4 Å². The zero-order valence-corrected chi connectivity index (χ0v) is 11.2. The van der Waals surface area contributed by atoms with Gasteiger partial charge in [0.15, 0.2) is 11.3 Å². The number of imidazole rings is 1. The molecule has 2 aromatic rings. The molecule has 0 aliphatic heterocycles. The molecular formula is C15H18N4. The summed E-state index contributed by atoms with van der Waals surface area (Å²) in [6.07, 6.45) is 11.5. The molecule has 0 N–H and O–H groups in total. The van der Waals surface area contributed by atoms with Crippen LogP contribution in [0, 0.1) is 23.2 Å². The van der Waals surface area contributed by atoms with Crippen LogP contribution in [0.15, 0.2) is 18.6 Å². The molecule has 2 aromatic heterocycles. The van der Waals surface area contributed by atoms with E-state index in [4.69, 9.17) is 5.26 Å². The summed E-state index contributed by atoms with van der Waals surface area (Å²) in [6, 6.07) is 2.13. The van der Waals surface area contributed by atoms with Gasteiger partial charge in [-0.25, -0.2) is 9.97 Å². The van der Waals surface area contributed by atoms with Gasteiger partial charge in [-0.2, -0.15) is 5.26 Å². The molecule has 0 aromatic carbocycles.